The van der Waals surface area contributed by atoms with Gasteiger partial charge in [-0.1, -0.05) is 12.1 Å². The Morgan fingerprint density at radius 3 is 2.87 bits per heavy atom. The quantitative estimate of drug-likeness (QED) is 0.941. The largest absolute Gasteiger partial charge is 0.321 e. The number of nitrogens with zero attached hydrogens (tertiary/aromatic N) is 3. The van der Waals surface area contributed by atoms with Crippen LogP contribution in [0.25, 0.3) is 11.3 Å². The molecule has 118 valence electrons. The topological polar surface area (TPSA) is 74.7 Å². The number of thiazole rings is 1. The lowest BCUT2D eigenvalue weighted by atomic mass is 10.1. The van der Waals surface area contributed by atoms with Crippen molar-refractivity contribution in [2.75, 3.05) is 12.4 Å². The van der Waals surface area contributed by atoms with E-state index in [0.29, 0.717) is 24.2 Å². The summed E-state index contributed by atoms with van der Waals surface area (Å²) >= 11 is 1.59. The molecule has 0 aliphatic carbocycles. The van der Waals surface area contributed by atoms with Gasteiger partial charge in [0.15, 0.2) is 0 Å². The number of rotatable bonds is 3. The Balaban J connectivity index is 1.77. The monoisotopic (exact) mass is 328 g/mol. The highest BCUT2D eigenvalue weighted by Crippen LogP contribution is 2.24. The van der Waals surface area contributed by atoms with E-state index in [1.807, 2.05) is 36.6 Å². The standard InChI is InChI=1S/C16H16N4O2S/c1-10-17-14(9-23-10)11-4-3-5-12(8-11)18-16(22)13-6-7-15(21)20(2)19-13/h3-5,8-9H,6-7H2,1-2H3,(H,18,22). The van der Waals surface area contributed by atoms with E-state index in [0.717, 1.165) is 16.3 Å². The highest BCUT2D eigenvalue weighted by molar-refractivity contribution is 7.09. The molecule has 0 saturated carbocycles. The SMILES string of the molecule is Cc1nc(-c2cccc(NC(=O)C3=NN(C)C(=O)CC3)c2)cs1. The van der Waals surface area contributed by atoms with Gasteiger partial charge in [0.25, 0.3) is 5.91 Å². The van der Waals surface area contributed by atoms with Crippen molar-refractivity contribution in [3.8, 4) is 11.3 Å². The van der Waals surface area contributed by atoms with Gasteiger partial charge in [-0.15, -0.1) is 11.3 Å². The molecule has 1 aliphatic heterocycles. The molecule has 1 aromatic heterocycles. The van der Waals surface area contributed by atoms with Crippen LogP contribution in [0.1, 0.15) is 17.8 Å². The van der Waals surface area contributed by atoms with Gasteiger partial charge < -0.3 is 5.32 Å². The summed E-state index contributed by atoms with van der Waals surface area (Å²) in [6.45, 7) is 1.96. The highest BCUT2D eigenvalue weighted by atomic mass is 32.1. The molecule has 0 bridgehead atoms. The first kappa shape index (κ1) is 15.4. The van der Waals surface area contributed by atoms with Crippen LogP contribution in [0.15, 0.2) is 34.7 Å². The maximum Gasteiger partial charge on any atom is 0.271 e. The van der Waals surface area contributed by atoms with Gasteiger partial charge in [-0.3, -0.25) is 9.59 Å². The number of hydrogen-bond donors (Lipinski definition) is 1. The van der Waals surface area contributed by atoms with Gasteiger partial charge in [0, 0.05) is 36.5 Å². The Hall–Kier alpha value is -2.54. The number of carbonyl (C=O) groups excluding carboxylic acids is 2. The van der Waals surface area contributed by atoms with Crippen LogP contribution in [0.5, 0.6) is 0 Å². The van der Waals surface area contributed by atoms with Crippen molar-refractivity contribution in [1.82, 2.24) is 9.99 Å². The molecule has 2 amide bonds. The summed E-state index contributed by atoms with van der Waals surface area (Å²) in [6.07, 6.45) is 0.668. The van der Waals surface area contributed by atoms with E-state index in [-0.39, 0.29) is 11.8 Å². The van der Waals surface area contributed by atoms with Crippen molar-refractivity contribution in [3.05, 3.63) is 34.7 Å². The minimum absolute atomic E-state index is 0.0811. The van der Waals surface area contributed by atoms with E-state index >= 15 is 0 Å². The Kier molecular flexibility index (Phi) is 4.20. The molecule has 0 atom stereocenters. The molecule has 1 aliphatic rings. The number of nitrogens with one attached hydrogen (secondary N) is 1. The molecule has 0 saturated heterocycles. The maximum atomic E-state index is 12.3. The van der Waals surface area contributed by atoms with Crippen LogP contribution in [-0.4, -0.2) is 34.6 Å². The number of amides is 2. The van der Waals surface area contributed by atoms with Gasteiger partial charge in [-0.05, 0) is 19.1 Å². The summed E-state index contributed by atoms with van der Waals surface area (Å²) < 4.78 is 0. The summed E-state index contributed by atoms with van der Waals surface area (Å²) in [6, 6.07) is 7.52. The van der Waals surface area contributed by atoms with Gasteiger partial charge in [0.2, 0.25) is 5.91 Å². The van der Waals surface area contributed by atoms with Crippen molar-refractivity contribution in [2.24, 2.45) is 5.10 Å². The lowest BCUT2D eigenvalue weighted by Crippen LogP contribution is -2.34. The summed E-state index contributed by atoms with van der Waals surface area (Å²) in [4.78, 5) is 28.1. The second kappa shape index (κ2) is 6.29. The summed E-state index contributed by atoms with van der Waals surface area (Å²) in [7, 11) is 1.56. The van der Waals surface area contributed by atoms with Crippen LogP contribution < -0.4 is 5.32 Å². The fourth-order valence-corrected chi connectivity index (χ4v) is 2.91. The number of carbonyl (C=O) groups is 2. The Morgan fingerprint density at radius 1 is 1.35 bits per heavy atom. The molecule has 2 aromatic rings. The minimum Gasteiger partial charge on any atom is -0.321 e. The van der Waals surface area contributed by atoms with Gasteiger partial charge in [0.05, 0.1) is 10.7 Å². The van der Waals surface area contributed by atoms with Crippen molar-refractivity contribution in [1.29, 1.82) is 0 Å². The predicted molar refractivity (Wildman–Crippen MR) is 90.4 cm³/mol. The number of hydrogen-bond acceptors (Lipinski definition) is 5. The molecular weight excluding hydrogens is 312 g/mol. The molecule has 6 nitrogen and oxygen atoms in total. The first-order valence-corrected chi connectivity index (χ1v) is 8.09. The molecule has 1 aromatic carbocycles. The van der Waals surface area contributed by atoms with Crippen molar-refractivity contribution in [2.45, 2.75) is 19.8 Å². The second-order valence-corrected chi connectivity index (χ2v) is 6.31. The normalized spacial score (nSPS) is 14.6. The van der Waals surface area contributed by atoms with E-state index in [2.05, 4.69) is 15.4 Å². The molecule has 0 radical (unpaired) electrons. The number of benzene rings is 1. The maximum absolute atomic E-state index is 12.3. The lowest BCUT2D eigenvalue weighted by Gasteiger charge is -2.19. The van der Waals surface area contributed by atoms with E-state index in [4.69, 9.17) is 0 Å². The Morgan fingerprint density at radius 2 is 2.17 bits per heavy atom. The zero-order chi connectivity index (χ0) is 16.4. The third-order valence-corrected chi connectivity index (χ3v) is 4.28. The predicted octanol–water partition coefficient (Wildman–Crippen LogP) is 2.67. The highest BCUT2D eigenvalue weighted by Gasteiger charge is 2.22. The van der Waals surface area contributed by atoms with Crippen LogP contribution in [0.3, 0.4) is 0 Å². The Labute approximate surface area is 137 Å². The van der Waals surface area contributed by atoms with Crippen LogP contribution in [0.4, 0.5) is 5.69 Å². The molecular formula is C16H16N4O2S. The third-order valence-electron chi connectivity index (χ3n) is 3.50. The van der Waals surface area contributed by atoms with E-state index in [1.165, 1.54) is 5.01 Å². The molecule has 2 heterocycles. The van der Waals surface area contributed by atoms with Crippen LogP contribution in [0, 0.1) is 6.92 Å². The van der Waals surface area contributed by atoms with Crippen molar-refractivity contribution >= 4 is 34.6 Å². The average molecular weight is 328 g/mol. The molecule has 7 heteroatoms. The fraction of sp³-hybridized carbons (Fsp3) is 0.250. The van der Waals surface area contributed by atoms with E-state index in [9.17, 15) is 9.59 Å². The third kappa shape index (κ3) is 3.45. The summed E-state index contributed by atoms with van der Waals surface area (Å²) in [5.74, 6) is -0.363. The second-order valence-electron chi connectivity index (χ2n) is 5.25. The van der Waals surface area contributed by atoms with Crippen molar-refractivity contribution in [3.63, 3.8) is 0 Å². The van der Waals surface area contributed by atoms with Crippen LogP contribution in [-0.2, 0) is 9.59 Å². The van der Waals surface area contributed by atoms with E-state index < -0.39 is 0 Å². The van der Waals surface area contributed by atoms with Gasteiger partial charge in [0.1, 0.15) is 5.71 Å². The summed E-state index contributed by atoms with van der Waals surface area (Å²) in [5, 5.41) is 11.1. The van der Waals surface area contributed by atoms with Gasteiger partial charge in [-0.25, -0.2) is 9.99 Å². The zero-order valence-electron chi connectivity index (χ0n) is 12.9. The van der Waals surface area contributed by atoms with Gasteiger partial charge >= 0.3 is 0 Å². The molecule has 0 fully saturated rings. The first-order chi connectivity index (χ1) is 11.0. The molecule has 0 spiro atoms. The van der Waals surface area contributed by atoms with E-state index in [1.54, 1.807) is 18.4 Å². The molecule has 23 heavy (non-hydrogen) atoms. The molecule has 3 rings (SSSR count). The average Bonchev–Trinajstić information content (AvgIpc) is 2.97. The van der Waals surface area contributed by atoms with Crippen molar-refractivity contribution < 1.29 is 9.59 Å². The van der Waals surface area contributed by atoms with Crippen LogP contribution >= 0.6 is 11.3 Å². The minimum atomic E-state index is -0.282. The zero-order valence-corrected chi connectivity index (χ0v) is 13.7. The number of anilines is 1. The van der Waals surface area contributed by atoms with Crippen LogP contribution in [0.2, 0.25) is 0 Å². The lowest BCUT2D eigenvalue weighted by molar-refractivity contribution is -0.130. The smallest absolute Gasteiger partial charge is 0.271 e. The number of aryl methyl sites for hydroxylation is 1. The fourth-order valence-electron chi connectivity index (χ4n) is 2.29. The number of hydrazone groups is 1. The molecule has 1 N–H and O–H groups in total. The summed E-state index contributed by atoms with van der Waals surface area (Å²) in [5.41, 5.74) is 2.89. The number of aromatic nitrogens is 1. The molecule has 0 unspecified atom stereocenters. The van der Waals surface area contributed by atoms with Gasteiger partial charge in [-0.2, -0.15) is 5.10 Å². The Bertz CT molecular complexity index is 797. The first-order valence-electron chi connectivity index (χ1n) is 7.21.